The number of quaternary nitrogens is 1. The van der Waals surface area contributed by atoms with Gasteiger partial charge in [-0.2, -0.15) is 0 Å². The van der Waals surface area contributed by atoms with Gasteiger partial charge in [0, 0.05) is 37.8 Å². The molecule has 0 saturated carbocycles. The molecule has 0 aliphatic carbocycles. The zero-order valence-corrected chi connectivity index (χ0v) is 30.8. The number of rotatable bonds is 1. The Hall–Kier alpha value is -4.15. The maximum absolute atomic E-state index is 14.0. The van der Waals surface area contributed by atoms with Gasteiger partial charge in [-0.25, -0.2) is 9.28 Å². The number of thioether (sulfide) groups is 1. The highest BCUT2D eigenvalue weighted by molar-refractivity contribution is 8.00. The topological polar surface area (TPSA) is 105 Å². The first kappa shape index (κ1) is 37.1. The van der Waals surface area contributed by atoms with Crippen LogP contribution in [0.2, 0.25) is 0 Å². The lowest BCUT2D eigenvalue weighted by molar-refractivity contribution is -0.809. The number of carbonyl (C=O) groups is 4. The third-order valence-corrected chi connectivity index (χ3v) is 11.1. The van der Waals surface area contributed by atoms with Crippen molar-refractivity contribution in [3.05, 3.63) is 95.1 Å². The van der Waals surface area contributed by atoms with Crippen molar-refractivity contribution < 1.29 is 28.4 Å². The van der Waals surface area contributed by atoms with Crippen molar-refractivity contribution in [3.8, 4) is 5.75 Å². The summed E-state index contributed by atoms with van der Waals surface area (Å²) in [6, 6.07) is 22.3. The molecule has 3 aromatic rings. The third-order valence-electron chi connectivity index (χ3n) is 9.44. The molecular weight excluding hydrogens is 649 g/mol. The van der Waals surface area contributed by atoms with Crippen LogP contribution >= 0.6 is 11.8 Å². The minimum Gasteiger partial charge on any atom is -0.494 e. The van der Waals surface area contributed by atoms with Crippen LogP contribution < -0.4 is 15.4 Å². The first-order chi connectivity index (χ1) is 23.8. The average Bonchev–Trinajstić information content (AvgIpc) is 3.50. The van der Waals surface area contributed by atoms with Crippen LogP contribution in [0.3, 0.4) is 0 Å². The highest BCUT2D eigenvalue weighted by Gasteiger charge is 2.47. The van der Waals surface area contributed by atoms with Crippen LogP contribution in [0.4, 0.5) is 5.69 Å². The van der Waals surface area contributed by atoms with Gasteiger partial charge in [0.15, 0.2) is 0 Å². The minimum absolute atomic E-state index is 0.00129. The summed E-state index contributed by atoms with van der Waals surface area (Å²) in [5, 5.41) is 6.08. The van der Waals surface area contributed by atoms with E-state index in [4.69, 9.17) is 4.74 Å². The summed E-state index contributed by atoms with van der Waals surface area (Å²) >= 11 is 1.69. The summed E-state index contributed by atoms with van der Waals surface area (Å²) in [4.78, 5) is 55.4. The van der Waals surface area contributed by atoms with Gasteiger partial charge in [0.25, 0.3) is 5.91 Å². The van der Waals surface area contributed by atoms with E-state index < -0.39 is 0 Å². The van der Waals surface area contributed by atoms with E-state index >= 15 is 0 Å². The quantitative estimate of drug-likeness (QED) is 0.280. The fraction of sp³-hybridized carbons (Fsp3) is 0.450. The van der Waals surface area contributed by atoms with Gasteiger partial charge < -0.3 is 20.3 Å². The van der Waals surface area contributed by atoms with Crippen molar-refractivity contribution in [3.63, 3.8) is 0 Å². The number of hydrogen-bond donors (Lipinski definition) is 2. The normalized spacial score (nSPS) is 23.3. The molecule has 8 rings (SSSR count). The molecular formula is C40H51N4O5S+. The van der Waals surface area contributed by atoms with Crippen molar-refractivity contribution in [1.82, 2.24) is 10.2 Å². The molecule has 5 aliphatic rings. The fourth-order valence-electron chi connectivity index (χ4n) is 6.51. The number of amides is 4. The highest BCUT2D eigenvalue weighted by atomic mass is 32.2. The Bertz CT molecular complexity index is 1670. The van der Waals surface area contributed by atoms with Gasteiger partial charge in [0.05, 0.1) is 36.9 Å². The lowest BCUT2D eigenvalue weighted by atomic mass is 9.82. The summed E-state index contributed by atoms with van der Waals surface area (Å²) in [7, 11) is 3.78. The highest BCUT2D eigenvalue weighted by Crippen LogP contribution is 2.39. The van der Waals surface area contributed by atoms with Gasteiger partial charge in [-0.15, -0.1) is 0 Å². The molecule has 8 bridgehead atoms. The largest absolute Gasteiger partial charge is 0.494 e. The fourth-order valence-corrected chi connectivity index (χ4v) is 8.14. The van der Waals surface area contributed by atoms with Gasteiger partial charge in [0.1, 0.15) is 11.6 Å². The van der Waals surface area contributed by atoms with Crippen molar-refractivity contribution in [2.45, 2.75) is 64.7 Å². The lowest BCUT2D eigenvalue weighted by Gasteiger charge is -2.30. The molecule has 5 heterocycles. The molecule has 0 aromatic heterocycles. The maximum atomic E-state index is 14.0. The van der Waals surface area contributed by atoms with E-state index in [0.29, 0.717) is 61.7 Å². The smallest absolute Gasteiger partial charge is 0.346 e. The van der Waals surface area contributed by atoms with Gasteiger partial charge in [-0.3, -0.25) is 14.4 Å². The molecule has 10 heteroatoms. The van der Waals surface area contributed by atoms with Crippen LogP contribution in [0, 0.1) is 11.3 Å². The van der Waals surface area contributed by atoms with Gasteiger partial charge in [0.2, 0.25) is 11.8 Å². The number of benzene rings is 3. The van der Waals surface area contributed by atoms with Gasteiger partial charge in [-0.05, 0) is 90.8 Å². The van der Waals surface area contributed by atoms with E-state index in [9.17, 15) is 19.2 Å². The van der Waals surface area contributed by atoms with Crippen LogP contribution in [-0.4, -0.2) is 77.9 Å². The summed E-state index contributed by atoms with van der Waals surface area (Å²) in [6.45, 7) is 8.41. The monoisotopic (exact) mass is 699 g/mol. The van der Waals surface area contributed by atoms with Crippen molar-refractivity contribution in [2.24, 2.45) is 11.3 Å². The van der Waals surface area contributed by atoms with E-state index in [0.717, 1.165) is 29.7 Å². The standard InChI is InChI=1S/C40H50N4O5S/c1-40(2,3)24-34-35-26-44(5,27-50-35)39(48)31-10-8-9-29(23-31)25-41-37(46)30-14-18-33(19-15-30)49-22-7-6-21-43(4)36(45)20-13-28-11-16-32(17-12-28)42-38(34)47/h8-12,14-19,23,34-35H,6-7,13,20-22,24-27H2,1-5H3,(H-,41,42,46,47)/p+1/t34-,35?,44?/m1/s1. The number of nitrogens with one attached hydrogen (secondary N) is 2. The first-order valence-electron chi connectivity index (χ1n) is 17.5. The molecule has 3 atom stereocenters. The van der Waals surface area contributed by atoms with E-state index in [-0.39, 0.29) is 51.2 Å². The summed E-state index contributed by atoms with van der Waals surface area (Å²) in [5.74, 6) is 0.804. The van der Waals surface area contributed by atoms with Crippen LogP contribution in [-0.2, 0) is 22.6 Å². The predicted molar refractivity (Wildman–Crippen MR) is 199 cm³/mol. The van der Waals surface area contributed by atoms with Gasteiger partial charge >= 0.3 is 5.91 Å². The van der Waals surface area contributed by atoms with E-state index in [1.165, 1.54) is 0 Å². The van der Waals surface area contributed by atoms with Crippen molar-refractivity contribution >= 4 is 41.1 Å². The third kappa shape index (κ3) is 9.97. The van der Waals surface area contributed by atoms with Crippen LogP contribution in [0.1, 0.15) is 78.3 Å². The predicted octanol–water partition coefficient (Wildman–Crippen LogP) is 6.53. The average molecular weight is 700 g/mol. The molecule has 0 spiro atoms. The van der Waals surface area contributed by atoms with Crippen molar-refractivity contribution in [1.29, 1.82) is 0 Å². The number of anilines is 1. The molecule has 3 aromatic carbocycles. The lowest BCUT2D eigenvalue weighted by Crippen LogP contribution is -2.49. The zero-order chi connectivity index (χ0) is 35.9. The SMILES string of the molecule is CN1CCCCOc2ccc(cc2)C(=O)NCc2cccc(c2)C(=O)[N+]2(C)CSC(C2)[C@@H](CC(C)(C)C)C(=O)Nc2ccc(cc2)CCC1=O. The summed E-state index contributed by atoms with van der Waals surface area (Å²) in [6.07, 6.45) is 3.32. The second kappa shape index (κ2) is 16.2. The Morgan fingerprint density at radius 2 is 1.64 bits per heavy atom. The second-order valence-corrected chi connectivity index (χ2v) is 16.3. The Morgan fingerprint density at radius 3 is 2.36 bits per heavy atom. The second-order valence-electron chi connectivity index (χ2n) is 15.1. The summed E-state index contributed by atoms with van der Waals surface area (Å²) < 4.78 is 6.06. The Kier molecular flexibility index (Phi) is 12.1. The zero-order valence-electron chi connectivity index (χ0n) is 30.0. The number of carbonyl (C=O) groups excluding carboxylic acids is 4. The Labute approximate surface area is 300 Å². The van der Waals surface area contributed by atoms with Crippen LogP contribution in [0.5, 0.6) is 5.75 Å². The van der Waals surface area contributed by atoms with Gasteiger partial charge in [-0.1, -0.05) is 56.8 Å². The Balaban J connectivity index is 1.35. The van der Waals surface area contributed by atoms with Crippen LogP contribution in [0.25, 0.3) is 0 Å². The van der Waals surface area contributed by atoms with E-state index in [2.05, 4.69) is 31.4 Å². The Morgan fingerprint density at radius 1 is 0.900 bits per heavy atom. The molecule has 1 saturated heterocycles. The number of hydrogen-bond acceptors (Lipinski definition) is 6. The van der Waals surface area contributed by atoms with Crippen LogP contribution in [0.15, 0.2) is 72.8 Å². The molecule has 1 fully saturated rings. The molecule has 2 N–H and O–H groups in total. The number of aryl methyl sites for hydroxylation is 1. The van der Waals surface area contributed by atoms with E-state index in [1.807, 2.05) is 62.6 Å². The maximum Gasteiger partial charge on any atom is 0.346 e. The molecule has 266 valence electrons. The molecule has 5 aliphatic heterocycles. The summed E-state index contributed by atoms with van der Waals surface area (Å²) in [5.41, 5.74) is 3.61. The number of nitrogens with zero attached hydrogens (tertiary/aromatic N) is 2. The molecule has 0 radical (unpaired) electrons. The molecule has 2 unspecified atom stereocenters. The molecule has 4 amide bonds. The minimum atomic E-state index is -0.289. The van der Waals surface area contributed by atoms with E-state index in [1.54, 1.807) is 40.9 Å². The van der Waals surface area contributed by atoms with Crippen molar-refractivity contribution in [2.75, 3.05) is 45.0 Å². The number of ether oxygens (including phenoxy) is 1. The molecule has 50 heavy (non-hydrogen) atoms. The molecule has 9 nitrogen and oxygen atoms in total. The first-order valence-corrected chi connectivity index (χ1v) is 18.6.